The SMILES string of the molecule is N#C/C(=C(/O)COC(=O)CCC1CCCC1)c1nc2ccccc2[nH]1. The molecule has 1 aromatic carbocycles. The van der Waals surface area contributed by atoms with Crippen LogP contribution in [-0.4, -0.2) is 27.7 Å². The number of para-hydroxylation sites is 2. The van der Waals surface area contributed by atoms with Gasteiger partial charge >= 0.3 is 5.97 Å². The number of carbonyl (C=O) groups is 1. The van der Waals surface area contributed by atoms with Crippen molar-refractivity contribution in [3.63, 3.8) is 0 Å². The predicted octanol–water partition coefficient (Wildman–Crippen LogP) is 3.87. The molecule has 1 heterocycles. The second-order valence-electron chi connectivity index (χ2n) is 6.39. The third-order valence-electron chi connectivity index (χ3n) is 4.63. The zero-order valence-corrected chi connectivity index (χ0v) is 14.0. The van der Waals surface area contributed by atoms with Gasteiger partial charge in [0.2, 0.25) is 0 Å². The quantitative estimate of drug-likeness (QED) is 0.473. The maximum Gasteiger partial charge on any atom is 0.306 e. The number of H-pyrrole nitrogens is 1. The number of aromatic amines is 1. The highest BCUT2D eigenvalue weighted by molar-refractivity contribution is 5.82. The monoisotopic (exact) mass is 339 g/mol. The number of hydrogen-bond donors (Lipinski definition) is 2. The Bertz CT molecular complexity index is 793. The molecular formula is C19H21N3O3. The first kappa shape index (κ1) is 17.0. The zero-order chi connectivity index (χ0) is 17.6. The molecule has 1 aliphatic carbocycles. The molecule has 25 heavy (non-hydrogen) atoms. The van der Waals surface area contributed by atoms with E-state index in [-0.39, 0.29) is 29.7 Å². The molecule has 2 aromatic rings. The molecule has 130 valence electrons. The first-order valence-electron chi connectivity index (χ1n) is 8.60. The summed E-state index contributed by atoms with van der Waals surface area (Å²) in [5, 5.41) is 19.5. The molecule has 6 nitrogen and oxygen atoms in total. The van der Waals surface area contributed by atoms with Crippen molar-refractivity contribution in [2.45, 2.75) is 38.5 Å². The Hall–Kier alpha value is -2.81. The summed E-state index contributed by atoms with van der Waals surface area (Å²) in [5.74, 6) is 0.237. The fourth-order valence-corrected chi connectivity index (χ4v) is 3.24. The van der Waals surface area contributed by atoms with Gasteiger partial charge in [0.1, 0.15) is 18.2 Å². The first-order chi connectivity index (χ1) is 12.2. The highest BCUT2D eigenvalue weighted by Gasteiger charge is 2.18. The molecule has 6 heteroatoms. The van der Waals surface area contributed by atoms with E-state index in [1.165, 1.54) is 25.7 Å². The number of esters is 1. The van der Waals surface area contributed by atoms with Crippen LogP contribution in [0.3, 0.4) is 0 Å². The Morgan fingerprint density at radius 3 is 2.84 bits per heavy atom. The van der Waals surface area contributed by atoms with E-state index in [1.807, 2.05) is 30.3 Å². The first-order valence-corrected chi connectivity index (χ1v) is 8.60. The van der Waals surface area contributed by atoms with Crippen LogP contribution in [-0.2, 0) is 9.53 Å². The Kier molecular flexibility index (Phi) is 5.34. The molecule has 3 rings (SSSR count). The van der Waals surface area contributed by atoms with Gasteiger partial charge in [0, 0.05) is 6.42 Å². The molecule has 1 saturated carbocycles. The minimum absolute atomic E-state index is 0.0141. The van der Waals surface area contributed by atoms with Gasteiger partial charge in [0.15, 0.2) is 11.6 Å². The highest BCUT2D eigenvalue weighted by atomic mass is 16.5. The number of carbonyl (C=O) groups excluding carboxylic acids is 1. The largest absolute Gasteiger partial charge is 0.507 e. The lowest BCUT2D eigenvalue weighted by molar-refractivity contribution is -0.143. The van der Waals surface area contributed by atoms with Crippen molar-refractivity contribution in [1.29, 1.82) is 5.26 Å². The van der Waals surface area contributed by atoms with Crippen molar-refractivity contribution in [2.75, 3.05) is 6.61 Å². The number of aromatic nitrogens is 2. The van der Waals surface area contributed by atoms with Gasteiger partial charge in [-0.3, -0.25) is 4.79 Å². The van der Waals surface area contributed by atoms with Crippen LogP contribution in [0.4, 0.5) is 0 Å². The van der Waals surface area contributed by atoms with Crippen LogP contribution >= 0.6 is 0 Å². The van der Waals surface area contributed by atoms with Crippen LogP contribution in [0.5, 0.6) is 0 Å². The molecule has 0 atom stereocenters. The molecular weight excluding hydrogens is 318 g/mol. The van der Waals surface area contributed by atoms with Crippen molar-refractivity contribution >= 4 is 22.6 Å². The summed E-state index contributed by atoms with van der Waals surface area (Å²) in [6, 6.07) is 9.26. The van der Waals surface area contributed by atoms with E-state index in [0.29, 0.717) is 17.9 Å². The van der Waals surface area contributed by atoms with Crippen molar-refractivity contribution < 1.29 is 14.6 Å². The molecule has 0 bridgehead atoms. The van der Waals surface area contributed by atoms with Crippen LogP contribution in [0, 0.1) is 17.2 Å². The molecule has 1 fully saturated rings. The van der Waals surface area contributed by atoms with Crippen LogP contribution in [0.25, 0.3) is 16.6 Å². The number of nitrogens with zero attached hydrogens (tertiary/aromatic N) is 2. The normalized spacial score (nSPS) is 15.8. The van der Waals surface area contributed by atoms with Crippen molar-refractivity contribution in [3.05, 3.63) is 35.8 Å². The van der Waals surface area contributed by atoms with E-state index in [0.717, 1.165) is 11.9 Å². The second-order valence-corrected chi connectivity index (χ2v) is 6.39. The number of aliphatic hydroxyl groups excluding tert-OH is 1. The molecule has 0 radical (unpaired) electrons. The number of allylic oxidation sites excluding steroid dienone is 1. The Morgan fingerprint density at radius 1 is 1.36 bits per heavy atom. The van der Waals surface area contributed by atoms with E-state index in [9.17, 15) is 15.2 Å². The number of nitriles is 1. The van der Waals surface area contributed by atoms with Crippen LogP contribution in [0.2, 0.25) is 0 Å². The van der Waals surface area contributed by atoms with Gasteiger partial charge in [-0.25, -0.2) is 4.98 Å². The van der Waals surface area contributed by atoms with Gasteiger partial charge < -0.3 is 14.8 Å². The molecule has 0 amide bonds. The number of hydrogen-bond acceptors (Lipinski definition) is 5. The van der Waals surface area contributed by atoms with Crippen molar-refractivity contribution in [2.24, 2.45) is 5.92 Å². The van der Waals surface area contributed by atoms with E-state index in [4.69, 9.17) is 4.74 Å². The standard InChI is InChI=1S/C19H21N3O3/c20-11-14(19-21-15-7-3-4-8-16(15)22-19)17(23)12-25-18(24)10-9-13-5-1-2-6-13/h3-4,7-8,13,23H,1-2,5-6,9-10,12H2,(H,21,22)/b17-14-. The number of benzene rings is 1. The Balaban J connectivity index is 1.61. The maximum absolute atomic E-state index is 11.8. The van der Waals surface area contributed by atoms with E-state index in [2.05, 4.69) is 9.97 Å². The van der Waals surface area contributed by atoms with Gasteiger partial charge in [0.25, 0.3) is 0 Å². The van der Waals surface area contributed by atoms with Gasteiger partial charge in [-0.15, -0.1) is 0 Å². The zero-order valence-electron chi connectivity index (χ0n) is 14.0. The summed E-state index contributed by atoms with van der Waals surface area (Å²) in [4.78, 5) is 19.1. The predicted molar refractivity (Wildman–Crippen MR) is 93.4 cm³/mol. The number of ether oxygens (including phenoxy) is 1. The van der Waals surface area contributed by atoms with E-state index >= 15 is 0 Å². The fraction of sp³-hybridized carbons (Fsp3) is 0.421. The van der Waals surface area contributed by atoms with Gasteiger partial charge in [-0.1, -0.05) is 37.8 Å². The van der Waals surface area contributed by atoms with E-state index < -0.39 is 0 Å². The summed E-state index contributed by atoms with van der Waals surface area (Å²) >= 11 is 0. The Morgan fingerprint density at radius 2 is 2.12 bits per heavy atom. The third kappa shape index (κ3) is 4.18. The minimum Gasteiger partial charge on any atom is -0.507 e. The molecule has 1 aliphatic rings. The average Bonchev–Trinajstić information content (AvgIpc) is 3.28. The summed E-state index contributed by atoms with van der Waals surface area (Å²) in [6.45, 7) is -0.316. The maximum atomic E-state index is 11.8. The lowest BCUT2D eigenvalue weighted by Gasteiger charge is -2.09. The average molecular weight is 339 g/mol. The van der Waals surface area contributed by atoms with Crippen molar-refractivity contribution in [3.8, 4) is 6.07 Å². The van der Waals surface area contributed by atoms with Gasteiger partial charge in [0.05, 0.1) is 11.0 Å². The van der Waals surface area contributed by atoms with Crippen LogP contribution < -0.4 is 0 Å². The molecule has 0 spiro atoms. The van der Waals surface area contributed by atoms with Gasteiger partial charge in [-0.2, -0.15) is 5.26 Å². The lowest BCUT2D eigenvalue weighted by atomic mass is 10.0. The third-order valence-corrected chi connectivity index (χ3v) is 4.63. The highest BCUT2D eigenvalue weighted by Crippen LogP contribution is 2.28. The number of imidazole rings is 1. The lowest BCUT2D eigenvalue weighted by Crippen LogP contribution is -2.10. The molecule has 1 aromatic heterocycles. The molecule has 2 N–H and O–H groups in total. The number of aliphatic hydroxyl groups is 1. The topological polar surface area (TPSA) is 99.0 Å². The minimum atomic E-state index is -0.347. The summed E-state index contributed by atoms with van der Waals surface area (Å²) in [5.41, 5.74) is 1.46. The van der Waals surface area contributed by atoms with E-state index in [1.54, 1.807) is 0 Å². The molecule has 0 aliphatic heterocycles. The van der Waals surface area contributed by atoms with Crippen molar-refractivity contribution in [1.82, 2.24) is 9.97 Å². The molecule has 0 saturated heterocycles. The van der Waals surface area contributed by atoms with Gasteiger partial charge in [-0.05, 0) is 24.5 Å². The number of rotatable bonds is 6. The smallest absolute Gasteiger partial charge is 0.306 e. The Labute approximate surface area is 146 Å². The number of nitrogens with one attached hydrogen (secondary N) is 1. The van der Waals surface area contributed by atoms with Crippen LogP contribution in [0.15, 0.2) is 30.0 Å². The summed E-state index contributed by atoms with van der Waals surface area (Å²) in [6.07, 6.45) is 6.03. The summed E-state index contributed by atoms with van der Waals surface area (Å²) in [7, 11) is 0. The second kappa shape index (κ2) is 7.84. The van der Waals surface area contributed by atoms with Crippen LogP contribution in [0.1, 0.15) is 44.3 Å². The summed E-state index contributed by atoms with van der Waals surface area (Å²) < 4.78 is 5.10. The molecule has 0 unspecified atom stereocenters. The number of fused-ring (bicyclic) bond motifs is 1. The fourth-order valence-electron chi connectivity index (χ4n) is 3.24.